The van der Waals surface area contributed by atoms with E-state index in [9.17, 15) is 9.18 Å². The molecule has 1 aromatic heterocycles. The summed E-state index contributed by atoms with van der Waals surface area (Å²) in [5.41, 5.74) is 7.09. The predicted octanol–water partition coefficient (Wildman–Crippen LogP) is 3.52. The number of carbonyl (C=O) groups is 1. The largest absolute Gasteiger partial charge is 0.379 e. The Kier molecular flexibility index (Phi) is 5.38. The molecule has 1 aliphatic rings. The first kappa shape index (κ1) is 19.8. The standard InChI is InChI=1S/C20H20FN5OS/c1-11-7-13(9-22)10-24-16(11)18(27)25-15-6-4-5-14(8-15)20(3)17(21)12(2)28-19(23)26-20/h4-8,10,12,17H,1-3H3,(H2,23,26)(H,25,27)/t12-,17+,20-/m1/s1. The molecule has 0 saturated carbocycles. The van der Waals surface area contributed by atoms with Crippen molar-refractivity contribution in [2.24, 2.45) is 10.7 Å². The van der Waals surface area contributed by atoms with Crippen molar-refractivity contribution in [1.29, 1.82) is 5.26 Å². The van der Waals surface area contributed by atoms with Gasteiger partial charge in [-0.2, -0.15) is 5.26 Å². The van der Waals surface area contributed by atoms with Gasteiger partial charge in [-0.25, -0.2) is 14.4 Å². The van der Waals surface area contributed by atoms with E-state index in [0.29, 0.717) is 27.5 Å². The molecule has 1 aromatic carbocycles. The first-order valence-corrected chi connectivity index (χ1v) is 9.57. The number of nitrogens with one attached hydrogen (secondary N) is 1. The van der Waals surface area contributed by atoms with Gasteiger partial charge < -0.3 is 11.1 Å². The van der Waals surface area contributed by atoms with Crippen LogP contribution in [0.3, 0.4) is 0 Å². The van der Waals surface area contributed by atoms with E-state index in [1.54, 1.807) is 51.1 Å². The highest BCUT2D eigenvalue weighted by Gasteiger charge is 2.43. The van der Waals surface area contributed by atoms with Crippen LogP contribution in [0.4, 0.5) is 10.1 Å². The average molecular weight is 397 g/mol. The number of aryl methyl sites for hydroxylation is 1. The van der Waals surface area contributed by atoms with E-state index in [1.807, 2.05) is 6.07 Å². The van der Waals surface area contributed by atoms with Crippen LogP contribution in [0.2, 0.25) is 0 Å². The van der Waals surface area contributed by atoms with Gasteiger partial charge >= 0.3 is 0 Å². The number of aliphatic imine (C=N–C) groups is 1. The number of nitrogens with two attached hydrogens (primary N) is 1. The number of nitrogens with zero attached hydrogens (tertiary/aromatic N) is 3. The maximum atomic E-state index is 15.0. The minimum absolute atomic E-state index is 0.226. The van der Waals surface area contributed by atoms with E-state index in [0.717, 1.165) is 0 Å². The number of hydrogen-bond acceptors (Lipinski definition) is 6. The van der Waals surface area contributed by atoms with Crippen molar-refractivity contribution in [3.05, 3.63) is 58.9 Å². The van der Waals surface area contributed by atoms with Crippen LogP contribution >= 0.6 is 11.8 Å². The van der Waals surface area contributed by atoms with Crippen molar-refractivity contribution < 1.29 is 9.18 Å². The summed E-state index contributed by atoms with van der Waals surface area (Å²) in [6.07, 6.45) is 0.129. The predicted molar refractivity (Wildman–Crippen MR) is 109 cm³/mol. The quantitative estimate of drug-likeness (QED) is 0.825. The topological polar surface area (TPSA) is 104 Å². The number of nitriles is 1. The Morgan fingerprint density at radius 2 is 2.18 bits per heavy atom. The number of anilines is 1. The monoisotopic (exact) mass is 397 g/mol. The van der Waals surface area contributed by atoms with Crippen LogP contribution in [0.1, 0.15) is 41.0 Å². The van der Waals surface area contributed by atoms with Gasteiger partial charge in [0, 0.05) is 17.1 Å². The maximum Gasteiger partial charge on any atom is 0.274 e. The fraction of sp³-hybridized carbons (Fsp3) is 0.300. The lowest BCUT2D eigenvalue weighted by Crippen LogP contribution is -2.43. The lowest BCUT2D eigenvalue weighted by Gasteiger charge is -2.37. The number of hydrogen-bond donors (Lipinski definition) is 2. The first-order valence-electron chi connectivity index (χ1n) is 8.69. The second-order valence-corrected chi connectivity index (χ2v) is 8.26. The van der Waals surface area contributed by atoms with Crippen LogP contribution in [0.25, 0.3) is 0 Å². The number of aromatic nitrogens is 1. The van der Waals surface area contributed by atoms with Gasteiger partial charge in [-0.15, -0.1) is 0 Å². The SMILES string of the molecule is Cc1cc(C#N)cnc1C(=O)Nc1cccc([C@@]2(C)N=C(N)S[C@H](C)[C@@H]2F)c1. The van der Waals surface area contributed by atoms with Gasteiger partial charge in [0.25, 0.3) is 5.91 Å². The maximum absolute atomic E-state index is 15.0. The first-order chi connectivity index (χ1) is 13.2. The highest BCUT2D eigenvalue weighted by atomic mass is 32.2. The zero-order valence-electron chi connectivity index (χ0n) is 15.7. The molecule has 144 valence electrons. The number of alkyl halides is 1. The molecular formula is C20H20FN5OS. The number of thioether (sulfide) groups is 1. The van der Waals surface area contributed by atoms with E-state index in [4.69, 9.17) is 11.0 Å². The summed E-state index contributed by atoms with van der Waals surface area (Å²) >= 11 is 1.21. The van der Waals surface area contributed by atoms with Gasteiger partial charge in [0.05, 0.1) is 5.56 Å². The molecule has 2 aromatic rings. The third-order valence-corrected chi connectivity index (χ3v) is 5.67. The molecule has 3 rings (SSSR count). The fourth-order valence-corrected chi connectivity index (χ4v) is 4.23. The third kappa shape index (κ3) is 3.71. The second kappa shape index (κ2) is 7.60. The highest BCUT2D eigenvalue weighted by molar-refractivity contribution is 8.14. The minimum Gasteiger partial charge on any atom is -0.379 e. The van der Waals surface area contributed by atoms with E-state index in [-0.39, 0.29) is 10.9 Å². The highest BCUT2D eigenvalue weighted by Crippen LogP contribution is 2.41. The lowest BCUT2D eigenvalue weighted by atomic mass is 9.86. The van der Waals surface area contributed by atoms with Crippen LogP contribution in [0, 0.1) is 18.3 Å². The molecular weight excluding hydrogens is 377 g/mol. The van der Waals surface area contributed by atoms with Gasteiger partial charge in [0.15, 0.2) is 5.17 Å². The van der Waals surface area contributed by atoms with Crippen molar-refractivity contribution in [2.75, 3.05) is 5.32 Å². The van der Waals surface area contributed by atoms with Gasteiger partial charge in [-0.1, -0.05) is 23.9 Å². The summed E-state index contributed by atoms with van der Waals surface area (Å²) in [7, 11) is 0. The van der Waals surface area contributed by atoms with Crippen molar-refractivity contribution in [2.45, 2.75) is 37.7 Å². The van der Waals surface area contributed by atoms with Crippen molar-refractivity contribution in [3.63, 3.8) is 0 Å². The normalized spacial score (nSPS) is 24.2. The molecule has 2 heterocycles. The van der Waals surface area contributed by atoms with E-state index in [1.165, 1.54) is 18.0 Å². The lowest BCUT2D eigenvalue weighted by molar-refractivity contribution is 0.102. The molecule has 0 radical (unpaired) electrons. The number of pyridine rings is 1. The van der Waals surface area contributed by atoms with Crippen molar-refractivity contribution in [1.82, 2.24) is 4.98 Å². The van der Waals surface area contributed by atoms with E-state index < -0.39 is 17.6 Å². The van der Waals surface area contributed by atoms with Gasteiger partial charge in [0.1, 0.15) is 23.5 Å². The number of carbonyl (C=O) groups excluding carboxylic acids is 1. The molecule has 0 saturated heterocycles. The molecule has 28 heavy (non-hydrogen) atoms. The summed E-state index contributed by atoms with van der Waals surface area (Å²) in [5.74, 6) is -0.406. The Hall–Kier alpha value is -2.92. The van der Waals surface area contributed by atoms with Crippen molar-refractivity contribution >= 4 is 28.5 Å². The number of halogens is 1. The van der Waals surface area contributed by atoms with Gasteiger partial charge in [-0.05, 0) is 50.1 Å². The van der Waals surface area contributed by atoms with Crippen LogP contribution < -0.4 is 11.1 Å². The molecule has 0 bridgehead atoms. The molecule has 8 heteroatoms. The summed E-state index contributed by atoms with van der Waals surface area (Å²) in [6, 6.07) is 10.5. The van der Waals surface area contributed by atoms with Crippen LogP contribution in [-0.2, 0) is 5.54 Å². The number of amidine groups is 1. The fourth-order valence-electron chi connectivity index (χ4n) is 3.22. The zero-order valence-corrected chi connectivity index (χ0v) is 16.5. The molecule has 1 aliphatic heterocycles. The third-order valence-electron chi connectivity index (χ3n) is 4.73. The Morgan fingerprint density at radius 3 is 2.86 bits per heavy atom. The van der Waals surface area contributed by atoms with Gasteiger partial charge in [0.2, 0.25) is 0 Å². The Labute approximate surface area is 167 Å². The molecule has 0 fully saturated rings. The average Bonchev–Trinajstić information content (AvgIpc) is 2.66. The molecule has 1 amide bonds. The molecule has 0 aliphatic carbocycles. The van der Waals surface area contributed by atoms with Crippen LogP contribution in [0.5, 0.6) is 0 Å². The minimum atomic E-state index is -1.22. The Morgan fingerprint density at radius 1 is 1.43 bits per heavy atom. The summed E-state index contributed by atoms with van der Waals surface area (Å²) < 4.78 is 15.0. The summed E-state index contributed by atoms with van der Waals surface area (Å²) in [4.78, 5) is 21.0. The van der Waals surface area contributed by atoms with E-state index in [2.05, 4.69) is 15.3 Å². The summed E-state index contributed by atoms with van der Waals surface area (Å²) in [5, 5.41) is 11.7. The zero-order chi connectivity index (χ0) is 20.5. The molecule has 6 nitrogen and oxygen atoms in total. The van der Waals surface area contributed by atoms with Crippen LogP contribution in [0.15, 0.2) is 41.5 Å². The Balaban J connectivity index is 1.89. The molecule has 3 N–H and O–H groups in total. The van der Waals surface area contributed by atoms with Crippen LogP contribution in [-0.4, -0.2) is 27.5 Å². The molecule has 0 spiro atoms. The van der Waals surface area contributed by atoms with E-state index >= 15 is 0 Å². The molecule has 3 atom stereocenters. The smallest absolute Gasteiger partial charge is 0.274 e. The second-order valence-electron chi connectivity index (χ2n) is 6.86. The number of benzene rings is 1. The molecule has 0 unspecified atom stereocenters. The summed E-state index contributed by atoms with van der Waals surface area (Å²) in [6.45, 7) is 5.20. The van der Waals surface area contributed by atoms with Crippen molar-refractivity contribution in [3.8, 4) is 6.07 Å². The number of rotatable bonds is 3. The van der Waals surface area contributed by atoms with Gasteiger partial charge in [-0.3, -0.25) is 4.79 Å². The Bertz CT molecular complexity index is 1000. The number of amides is 1.